The zero-order chi connectivity index (χ0) is 18.1. The molecule has 0 aliphatic rings. The third-order valence-corrected chi connectivity index (χ3v) is 5.11. The second-order valence-corrected chi connectivity index (χ2v) is 7.39. The van der Waals surface area contributed by atoms with Crippen LogP contribution >= 0.6 is 27.3 Å². The Hall–Kier alpha value is -2.39. The third kappa shape index (κ3) is 3.67. The van der Waals surface area contributed by atoms with Gasteiger partial charge in [0.25, 0.3) is 5.91 Å². The van der Waals surface area contributed by atoms with Crippen molar-refractivity contribution >= 4 is 49.8 Å². The van der Waals surface area contributed by atoms with Crippen LogP contribution in [0.3, 0.4) is 0 Å². The minimum atomic E-state index is -0.276. The molecule has 0 spiro atoms. The predicted octanol–water partition coefficient (Wildman–Crippen LogP) is 3.96. The molecule has 0 atom stereocenters. The quantitative estimate of drug-likeness (QED) is 0.592. The van der Waals surface area contributed by atoms with Crippen molar-refractivity contribution in [2.24, 2.45) is 7.05 Å². The lowest BCUT2D eigenvalue weighted by Crippen LogP contribution is -2.12. The first-order chi connectivity index (χ1) is 11.8. The average Bonchev–Trinajstić information content (AvgIpc) is 3.14. The lowest BCUT2D eigenvalue weighted by molar-refractivity contribution is 0.103. The molecule has 0 unspecified atom stereocenters. The average molecular weight is 422 g/mol. The molecule has 130 valence electrons. The van der Waals surface area contributed by atoms with Crippen molar-refractivity contribution in [2.45, 2.75) is 13.8 Å². The molecule has 3 N–H and O–H groups in total. The number of hydrogen-bond donors (Lipinski definition) is 3. The molecule has 1 amide bonds. The number of phenols is 1. The second kappa shape index (κ2) is 6.85. The van der Waals surface area contributed by atoms with E-state index in [1.807, 2.05) is 20.2 Å². The fraction of sp³-hybridized carbons (Fsp3) is 0.188. The Morgan fingerprint density at radius 3 is 2.80 bits per heavy atom. The van der Waals surface area contributed by atoms with Crippen molar-refractivity contribution < 1.29 is 9.90 Å². The molecular weight excluding hydrogens is 406 g/mol. The van der Waals surface area contributed by atoms with Crippen LogP contribution < -0.4 is 10.6 Å². The number of nitrogens with one attached hydrogen (secondary N) is 2. The van der Waals surface area contributed by atoms with Gasteiger partial charge in [-0.2, -0.15) is 5.10 Å². The summed E-state index contributed by atoms with van der Waals surface area (Å²) in [6.45, 7) is 3.64. The maximum absolute atomic E-state index is 12.5. The van der Waals surface area contributed by atoms with Crippen LogP contribution in [0.25, 0.3) is 0 Å². The van der Waals surface area contributed by atoms with Crippen molar-refractivity contribution in [3.63, 3.8) is 0 Å². The highest BCUT2D eigenvalue weighted by molar-refractivity contribution is 9.10. The second-order valence-electron chi connectivity index (χ2n) is 5.51. The van der Waals surface area contributed by atoms with Crippen molar-refractivity contribution in [3.05, 3.63) is 45.0 Å². The molecule has 0 aliphatic carbocycles. The highest BCUT2D eigenvalue weighted by atomic mass is 79.9. The summed E-state index contributed by atoms with van der Waals surface area (Å²) in [5, 5.41) is 20.6. The lowest BCUT2D eigenvalue weighted by atomic mass is 10.1. The Bertz CT molecular complexity index is 950. The van der Waals surface area contributed by atoms with Gasteiger partial charge in [0.15, 0.2) is 10.9 Å². The molecule has 0 fully saturated rings. The minimum Gasteiger partial charge on any atom is -0.508 e. The van der Waals surface area contributed by atoms with Crippen LogP contribution in [0.5, 0.6) is 5.75 Å². The van der Waals surface area contributed by atoms with Gasteiger partial charge >= 0.3 is 0 Å². The molecule has 2 heterocycles. The molecule has 7 nitrogen and oxygen atoms in total. The molecular formula is C16H16BrN5O2S. The van der Waals surface area contributed by atoms with Gasteiger partial charge in [-0.05, 0) is 41.4 Å². The van der Waals surface area contributed by atoms with Crippen LogP contribution in [0.1, 0.15) is 20.8 Å². The molecule has 0 saturated carbocycles. The number of benzene rings is 1. The Morgan fingerprint density at radius 2 is 2.12 bits per heavy atom. The zero-order valence-corrected chi connectivity index (χ0v) is 16.2. The number of phenolic OH excluding ortho intramolecular Hbond substituents is 1. The van der Waals surface area contributed by atoms with E-state index in [1.165, 1.54) is 17.5 Å². The van der Waals surface area contributed by atoms with E-state index in [0.717, 1.165) is 10.0 Å². The van der Waals surface area contributed by atoms with Gasteiger partial charge in [0.1, 0.15) is 10.6 Å². The number of aromatic nitrogens is 3. The van der Waals surface area contributed by atoms with E-state index in [0.29, 0.717) is 27.1 Å². The van der Waals surface area contributed by atoms with Crippen LogP contribution in [0, 0.1) is 13.8 Å². The number of hydrogen-bond acceptors (Lipinski definition) is 6. The highest BCUT2D eigenvalue weighted by Crippen LogP contribution is 2.30. The number of halogens is 1. The highest BCUT2D eigenvalue weighted by Gasteiger charge is 2.15. The Balaban J connectivity index is 1.77. The molecule has 3 rings (SSSR count). The Kier molecular flexibility index (Phi) is 4.78. The van der Waals surface area contributed by atoms with E-state index in [9.17, 15) is 9.90 Å². The summed E-state index contributed by atoms with van der Waals surface area (Å²) in [6.07, 6.45) is 3.32. The number of aryl methyl sites for hydroxylation is 2. The van der Waals surface area contributed by atoms with Crippen molar-refractivity contribution in [1.29, 1.82) is 0 Å². The van der Waals surface area contributed by atoms with Gasteiger partial charge in [-0.1, -0.05) is 17.4 Å². The summed E-state index contributed by atoms with van der Waals surface area (Å²) in [7, 11) is 1.82. The normalized spacial score (nSPS) is 10.7. The summed E-state index contributed by atoms with van der Waals surface area (Å²) in [5.41, 5.74) is 2.12. The zero-order valence-electron chi connectivity index (χ0n) is 13.8. The van der Waals surface area contributed by atoms with E-state index in [-0.39, 0.29) is 11.7 Å². The third-order valence-electron chi connectivity index (χ3n) is 3.62. The topological polar surface area (TPSA) is 92.1 Å². The molecule has 0 radical (unpaired) electrons. The van der Waals surface area contributed by atoms with Crippen LogP contribution in [0.4, 0.5) is 16.6 Å². The first-order valence-electron chi connectivity index (χ1n) is 7.37. The summed E-state index contributed by atoms with van der Waals surface area (Å²) >= 11 is 4.63. The Morgan fingerprint density at radius 1 is 1.36 bits per heavy atom. The maximum atomic E-state index is 12.5. The predicted molar refractivity (Wildman–Crippen MR) is 102 cm³/mol. The molecule has 9 heteroatoms. The minimum absolute atomic E-state index is 0.146. The van der Waals surface area contributed by atoms with Crippen LogP contribution in [0.15, 0.2) is 29.0 Å². The van der Waals surface area contributed by atoms with Gasteiger partial charge in [-0.25, -0.2) is 4.98 Å². The van der Waals surface area contributed by atoms with Gasteiger partial charge < -0.3 is 15.7 Å². The molecule has 2 aromatic heterocycles. The molecule has 1 aromatic carbocycles. The van der Waals surface area contributed by atoms with Gasteiger partial charge in [0.05, 0.1) is 16.4 Å². The number of thiazole rings is 1. The number of aromatic hydroxyl groups is 1. The maximum Gasteiger partial charge on any atom is 0.267 e. The number of carbonyl (C=O) groups is 1. The molecule has 0 bridgehead atoms. The van der Waals surface area contributed by atoms with Crippen molar-refractivity contribution in [2.75, 3.05) is 10.6 Å². The summed E-state index contributed by atoms with van der Waals surface area (Å²) in [6, 6.07) is 3.37. The first kappa shape index (κ1) is 17.4. The van der Waals surface area contributed by atoms with Crippen LogP contribution in [-0.2, 0) is 7.05 Å². The number of rotatable bonds is 4. The van der Waals surface area contributed by atoms with E-state index < -0.39 is 0 Å². The molecule has 0 saturated heterocycles. The van der Waals surface area contributed by atoms with Crippen LogP contribution in [0.2, 0.25) is 0 Å². The first-order valence-corrected chi connectivity index (χ1v) is 8.98. The lowest BCUT2D eigenvalue weighted by Gasteiger charge is -2.11. The number of anilines is 3. The van der Waals surface area contributed by atoms with Crippen LogP contribution in [-0.4, -0.2) is 25.8 Å². The smallest absolute Gasteiger partial charge is 0.267 e. The summed E-state index contributed by atoms with van der Waals surface area (Å²) in [5.74, 6) is 0.499. The van der Waals surface area contributed by atoms with Gasteiger partial charge in [0.2, 0.25) is 0 Å². The van der Waals surface area contributed by atoms with Gasteiger partial charge in [0, 0.05) is 18.8 Å². The van der Waals surface area contributed by atoms with E-state index in [1.54, 1.807) is 23.7 Å². The molecule has 25 heavy (non-hydrogen) atoms. The molecule has 3 aromatic rings. The summed E-state index contributed by atoms with van der Waals surface area (Å²) in [4.78, 5) is 17.2. The summed E-state index contributed by atoms with van der Waals surface area (Å²) < 4.78 is 2.48. The fourth-order valence-corrected chi connectivity index (χ4v) is 3.47. The van der Waals surface area contributed by atoms with Gasteiger partial charge in [-0.3, -0.25) is 9.48 Å². The number of carbonyl (C=O) groups excluding carboxylic acids is 1. The molecule has 0 aliphatic heterocycles. The fourth-order valence-electron chi connectivity index (χ4n) is 2.29. The van der Waals surface area contributed by atoms with Gasteiger partial charge in [-0.15, -0.1) is 0 Å². The van der Waals surface area contributed by atoms with Crippen molar-refractivity contribution in [1.82, 2.24) is 14.8 Å². The number of amides is 1. The van der Waals surface area contributed by atoms with E-state index in [4.69, 9.17) is 0 Å². The van der Waals surface area contributed by atoms with Crippen molar-refractivity contribution in [3.8, 4) is 5.75 Å². The van der Waals surface area contributed by atoms with E-state index >= 15 is 0 Å². The number of nitrogens with zero attached hydrogens (tertiary/aromatic N) is 3. The monoisotopic (exact) mass is 421 g/mol. The largest absolute Gasteiger partial charge is 0.508 e. The Labute approximate surface area is 156 Å². The van der Waals surface area contributed by atoms with E-state index in [2.05, 4.69) is 36.6 Å². The standard InChI is InChI=1S/C16H16BrN5O2S/c1-8-4-5-11(23)9(2)13(8)19-15(24)12-6-18-16(25-12)20-14-10(17)7-22(3)21-14/h4-7,23H,1-3H3,(H,19,24)(H,18,20,21). The SMILES string of the molecule is Cc1ccc(O)c(C)c1NC(=O)c1cnc(Nc2nn(C)cc2Br)s1.